The van der Waals surface area contributed by atoms with Crippen LogP contribution in [0.15, 0.2) is 148 Å². The minimum Gasteiger partial charge on any atom is -0.378 e. The van der Waals surface area contributed by atoms with Gasteiger partial charge in [0, 0.05) is 66.2 Å². The molecule has 44 heavy (non-hydrogen) atoms. The summed E-state index contributed by atoms with van der Waals surface area (Å²) in [7, 11) is 12.6. The van der Waals surface area contributed by atoms with E-state index in [9.17, 15) is 0 Å². The molecule has 0 saturated carbocycles. The van der Waals surface area contributed by atoms with Gasteiger partial charge in [-0.25, -0.2) is 0 Å². The summed E-state index contributed by atoms with van der Waals surface area (Å²) >= 11 is 0. The molecule has 0 aliphatic carbocycles. The van der Waals surface area contributed by atoms with Crippen LogP contribution >= 0.6 is 6.89 Å². The fourth-order valence-corrected chi connectivity index (χ4v) is 14.8. The van der Waals surface area contributed by atoms with Crippen molar-refractivity contribution in [2.24, 2.45) is 4.36 Å². The highest BCUT2D eigenvalue weighted by Gasteiger charge is 2.37. The summed E-state index contributed by atoms with van der Waals surface area (Å²) in [5, 5.41) is 6.60. The van der Waals surface area contributed by atoms with Gasteiger partial charge in [-0.3, -0.25) is 0 Å². The third kappa shape index (κ3) is 6.00. The highest BCUT2D eigenvalue weighted by molar-refractivity contribution is 8.26. The lowest BCUT2D eigenvalue weighted by Gasteiger charge is -2.30. The Hall–Kier alpha value is -4.05. The Kier molecular flexibility index (Phi) is 9.48. The molecule has 0 spiro atoms. The molecule has 0 fully saturated rings. The lowest BCUT2D eigenvalue weighted by molar-refractivity contribution is 1.13. The second-order valence-corrected chi connectivity index (χ2v) is 17.9. The first-order chi connectivity index (χ1) is 21.2. The third-order valence-corrected chi connectivity index (χ3v) is 16.5. The highest BCUT2D eigenvalue weighted by Crippen LogP contribution is 2.48. The second kappa shape index (κ2) is 13.3. The van der Waals surface area contributed by atoms with Gasteiger partial charge in [0.1, 0.15) is 14.9 Å². The van der Waals surface area contributed by atoms with Crippen molar-refractivity contribution in [3.63, 3.8) is 0 Å². The van der Waals surface area contributed by atoms with E-state index in [-0.39, 0.29) is 0 Å². The van der Waals surface area contributed by atoms with Crippen molar-refractivity contribution in [1.29, 1.82) is 0 Å². The average Bonchev–Trinajstić information content (AvgIpc) is 3.07. The molecule has 0 heterocycles. The molecule has 0 atom stereocenters. The summed E-state index contributed by atoms with van der Waals surface area (Å²) in [6, 6.07) is 49.3. The van der Waals surface area contributed by atoms with E-state index >= 15 is 0 Å². The number of hydrogen-bond donors (Lipinski definition) is 0. The van der Waals surface area contributed by atoms with Crippen molar-refractivity contribution in [2.75, 3.05) is 64.0 Å². The van der Waals surface area contributed by atoms with E-state index in [1.807, 2.05) is 7.05 Å². The van der Waals surface area contributed by atoms with Gasteiger partial charge >= 0.3 is 0 Å². The van der Waals surface area contributed by atoms with Crippen LogP contribution in [0.5, 0.6) is 0 Å². The van der Waals surface area contributed by atoms with Crippen LogP contribution in [0.3, 0.4) is 0 Å². The van der Waals surface area contributed by atoms with Gasteiger partial charge in [-0.05, 0) is 76.6 Å². The van der Waals surface area contributed by atoms with Gasteiger partial charge in [-0.15, -0.1) is 4.36 Å². The second-order valence-electron chi connectivity index (χ2n) is 11.5. The first-order valence-corrected chi connectivity index (χ1v) is 18.4. The first-order valence-electron chi connectivity index (χ1n) is 14.8. The zero-order valence-electron chi connectivity index (χ0n) is 26.9. The molecule has 0 aliphatic rings. The minimum absolute atomic E-state index is 1.18. The van der Waals surface area contributed by atoms with Crippen LogP contribution in [0.2, 0.25) is 0 Å². The Balaban J connectivity index is 1.99. The largest absolute Gasteiger partial charge is 0.378 e. The predicted octanol–water partition coefficient (Wildman–Crippen LogP) is 7.02. The Bertz CT molecular complexity index is 1600. The Labute approximate surface area is 265 Å². The van der Waals surface area contributed by atoms with Gasteiger partial charge in [-0.1, -0.05) is 72.8 Å². The molecule has 4 nitrogen and oxygen atoms in total. The van der Waals surface area contributed by atoms with Crippen molar-refractivity contribution in [2.45, 2.75) is 9.79 Å². The summed E-state index contributed by atoms with van der Waals surface area (Å²) in [4.78, 5) is 8.96. The van der Waals surface area contributed by atoms with Crippen LogP contribution in [0, 0.1) is 0 Å². The van der Waals surface area contributed by atoms with Crippen LogP contribution in [0.4, 0.5) is 17.1 Å². The Morgan fingerprint density at radius 1 is 0.455 bits per heavy atom. The van der Waals surface area contributed by atoms with Crippen LogP contribution in [-0.4, -0.2) is 54.5 Å². The molecule has 226 valence electrons. The SMILES string of the molecule is CN=[S+](C=P(c1ccc(N(C)C)cc1)(c1ccc(N(C)C)cc1)c1ccc(N(C)C)cc1)(c1ccccc1)c1ccccc1. The van der Waals surface area contributed by atoms with Crippen LogP contribution in [0.1, 0.15) is 0 Å². The number of rotatable bonds is 9. The monoisotopic (exact) mass is 619 g/mol. The smallest absolute Gasteiger partial charge is 0.148 e. The van der Waals surface area contributed by atoms with E-state index in [0.717, 1.165) is 0 Å². The Morgan fingerprint density at radius 2 is 0.750 bits per heavy atom. The molecule has 0 amide bonds. The van der Waals surface area contributed by atoms with E-state index < -0.39 is 16.7 Å². The van der Waals surface area contributed by atoms with Crippen LogP contribution < -0.4 is 30.6 Å². The number of anilines is 3. The quantitative estimate of drug-likeness (QED) is 0.131. The fourth-order valence-electron chi connectivity index (χ4n) is 5.59. The maximum Gasteiger partial charge on any atom is 0.148 e. The highest BCUT2D eigenvalue weighted by atomic mass is 32.2. The normalized spacial score (nSPS) is 11.5. The topological polar surface area (TPSA) is 22.1 Å². The van der Waals surface area contributed by atoms with Crippen molar-refractivity contribution >= 4 is 54.8 Å². The van der Waals surface area contributed by atoms with Gasteiger partial charge in [0.05, 0.1) is 16.9 Å². The van der Waals surface area contributed by atoms with Gasteiger partial charge < -0.3 is 14.7 Å². The molecule has 0 saturated heterocycles. The van der Waals surface area contributed by atoms with Crippen molar-refractivity contribution < 1.29 is 0 Å². The number of benzene rings is 5. The van der Waals surface area contributed by atoms with Gasteiger partial charge in [-0.2, -0.15) is 0 Å². The molecule has 5 aromatic rings. The van der Waals surface area contributed by atoms with Crippen molar-refractivity contribution in [3.8, 4) is 0 Å². The molecule has 5 rings (SSSR count). The average molecular weight is 620 g/mol. The predicted molar refractivity (Wildman–Crippen MR) is 199 cm³/mol. The molecule has 0 aliphatic heterocycles. The van der Waals surface area contributed by atoms with Crippen molar-refractivity contribution in [3.05, 3.63) is 133 Å². The summed E-state index contributed by atoms with van der Waals surface area (Å²) in [5.74, 6) is 0. The summed E-state index contributed by atoms with van der Waals surface area (Å²) in [5.41, 5.74) is 3.55. The lowest BCUT2D eigenvalue weighted by atomic mass is 10.3. The summed E-state index contributed by atoms with van der Waals surface area (Å²) in [6.45, 7) is -2.41. The van der Waals surface area contributed by atoms with E-state index in [2.05, 4.69) is 196 Å². The molecule has 5 aromatic carbocycles. The molecule has 0 unspecified atom stereocenters. The number of hydrogen-bond acceptors (Lipinski definition) is 4. The maximum atomic E-state index is 5.39. The molecule has 6 heteroatoms. The van der Waals surface area contributed by atoms with E-state index in [1.54, 1.807) is 0 Å². The van der Waals surface area contributed by atoms with Crippen LogP contribution in [0.25, 0.3) is 0 Å². The van der Waals surface area contributed by atoms with Gasteiger partial charge in [0.25, 0.3) is 0 Å². The van der Waals surface area contributed by atoms with Crippen molar-refractivity contribution in [1.82, 2.24) is 0 Å². The molecule has 0 aromatic heterocycles. The number of nitrogens with zero attached hydrogens (tertiary/aromatic N) is 4. The van der Waals surface area contributed by atoms with Crippen LogP contribution in [-0.2, 0) is 9.82 Å². The summed E-state index contributed by atoms with van der Waals surface area (Å²) in [6.07, 6.45) is 0. The standard InChI is InChI=1S/C38H44N4PS/c1-39-44(37-14-10-8-11-15-37,38-16-12-9-13-17-38)30-43(34-24-18-31(19-25-34)40(2)3,35-26-20-32(21-27-35)41(4)5)36-28-22-33(23-29-36)42(6)7/h8-30H,1-7H3/q+1. The molecule has 0 N–H and O–H groups in total. The minimum atomic E-state index is -2.41. The van der Waals surface area contributed by atoms with Gasteiger partial charge in [0.15, 0.2) is 0 Å². The summed E-state index contributed by atoms with van der Waals surface area (Å²) < 4.78 is 5.39. The fraction of sp³-hybridized carbons (Fsp3) is 0.184. The van der Waals surface area contributed by atoms with E-state index in [1.165, 1.54) is 42.8 Å². The Morgan fingerprint density at radius 3 is 1.00 bits per heavy atom. The first kappa shape index (κ1) is 31.4. The lowest BCUT2D eigenvalue weighted by Crippen LogP contribution is -2.31. The molecule has 0 bridgehead atoms. The van der Waals surface area contributed by atoms with E-state index in [4.69, 9.17) is 4.36 Å². The molecular formula is C38H44N4PS+. The van der Waals surface area contributed by atoms with E-state index in [0.29, 0.717) is 0 Å². The van der Waals surface area contributed by atoms with Gasteiger partial charge in [0.2, 0.25) is 0 Å². The molecular weight excluding hydrogens is 575 g/mol. The zero-order valence-corrected chi connectivity index (χ0v) is 28.6. The maximum absolute atomic E-state index is 5.39. The zero-order chi connectivity index (χ0) is 31.3. The third-order valence-electron chi connectivity index (χ3n) is 8.12. The molecule has 0 radical (unpaired) electrons.